The van der Waals surface area contributed by atoms with Gasteiger partial charge in [-0.3, -0.25) is 4.79 Å². The van der Waals surface area contributed by atoms with Crippen LogP contribution in [0.5, 0.6) is 5.75 Å². The highest BCUT2D eigenvalue weighted by Crippen LogP contribution is 2.30. The minimum absolute atomic E-state index is 0.158. The van der Waals surface area contributed by atoms with Gasteiger partial charge in [-0.2, -0.15) is 0 Å². The number of para-hydroxylation sites is 1. The van der Waals surface area contributed by atoms with Crippen molar-refractivity contribution in [3.05, 3.63) is 29.3 Å². The maximum Gasteiger partial charge on any atom is 0.547 e. The summed E-state index contributed by atoms with van der Waals surface area (Å²) >= 11 is 0. The third kappa shape index (κ3) is 3.60. The van der Waals surface area contributed by atoms with Crippen LogP contribution in [0.1, 0.15) is 42.6 Å². The molecule has 0 aliphatic carbocycles. The number of hydrogen-bond acceptors (Lipinski definition) is 5. The first-order valence-electron chi connectivity index (χ1n) is 7.49. The third-order valence-electron chi connectivity index (χ3n) is 3.44. The summed E-state index contributed by atoms with van der Waals surface area (Å²) in [5, 5.41) is 12.8. The van der Waals surface area contributed by atoms with Gasteiger partial charge in [-0.15, -0.1) is 0 Å². The molecule has 2 rings (SSSR count). The van der Waals surface area contributed by atoms with E-state index in [4.69, 9.17) is 9.39 Å². The Hall–Kier alpha value is -2.02. The van der Waals surface area contributed by atoms with Gasteiger partial charge in [-0.05, 0) is 24.5 Å². The van der Waals surface area contributed by atoms with E-state index in [0.717, 1.165) is 12.0 Å². The summed E-state index contributed by atoms with van der Waals surface area (Å²) in [6.07, 6.45) is 1.46. The van der Waals surface area contributed by atoms with Crippen LogP contribution in [-0.4, -0.2) is 36.6 Å². The van der Waals surface area contributed by atoms with Crippen LogP contribution in [0.25, 0.3) is 0 Å². The zero-order valence-corrected chi connectivity index (χ0v) is 12.8. The van der Waals surface area contributed by atoms with Crippen molar-refractivity contribution < 1.29 is 24.0 Å². The van der Waals surface area contributed by atoms with Crippen molar-refractivity contribution in [1.82, 2.24) is 5.32 Å². The Morgan fingerprint density at radius 1 is 1.45 bits per heavy atom. The van der Waals surface area contributed by atoms with Crippen LogP contribution in [0.2, 0.25) is 0 Å². The molecule has 1 aliphatic heterocycles. The normalized spacial score (nSPS) is 16.5. The summed E-state index contributed by atoms with van der Waals surface area (Å²) in [5.74, 6) is -0.823. The molecule has 1 amide bonds. The maximum atomic E-state index is 12.0. The topological polar surface area (TPSA) is 84.9 Å². The second-order valence-electron chi connectivity index (χ2n) is 5.17. The molecule has 1 aromatic carbocycles. The number of fused-ring (bicyclic) bond motifs is 1. The fourth-order valence-corrected chi connectivity index (χ4v) is 2.29. The van der Waals surface area contributed by atoms with E-state index in [-0.39, 0.29) is 5.91 Å². The molecule has 6 nitrogen and oxygen atoms in total. The first-order valence-corrected chi connectivity index (χ1v) is 7.49. The summed E-state index contributed by atoms with van der Waals surface area (Å²) < 4.78 is 10.6. The van der Waals surface area contributed by atoms with Crippen LogP contribution in [0.15, 0.2) is 18.2 Å². The Labute approximate surface area is 129 Å². The van der Waals surface area contributed by atoms with E-state index in [1.165, 1.54) is 0 Å². The molecule has 7 heteroatoms. The first-order chi connectivity index (χ1) is 10.6. The Morgan fingerprint density at radius 2 is 2.23 bits per heavy atom. The van der Waals surface area contributed by atoms with Gasteiger partial charge in [0.25, 0.3) is 0 Å². The lowest BCUT2D eigenvalue weighted by Gasteiger charge is -2.29. The molecular formula is C15H20BNO5. The van der Waals surface area contributed by atoms with Gasteiger partial charge in [0.05, 0.1) is 12.5 Å². The van der Waals surface area contributed by atoms with Crippen LogP contribution >= 0.6 is 0 Å². The summed E-state index contributed by atoms with van der Waals surface area (Å²) in [4.78, 5) is 23.5. The number of benzene rings is 1. The number of nitrogens with one attached hydrogen (secondary N) is 1. The average Bonchev–Trinajstić information content (AvgIpc) is 2.52. The minimum Gasteiger partial charge on any atom is -0.534 e. The standard InChI is InChI=1S/C15H20BNO5/c1-3-8-21-15(19)11-7-5-6-10-9-12(17-13(18)4-2)16(20)22-14(10)11/h5-7,12,20H,3-4,8-9H2,1-2H3,(H,17,18)/t12-/m0/s1. The first kappa shape index (κ1) is 16.4. The molecule has 1 atom stereocenters. The fourth-order valence-electron chi connectivity index (χ4n) is 2.29. The number of hydrogen-bond donors (Lipinski definition) is 2. The zero-order valence-electron chi connectivity index (χ0n) is 12.8. The molecule has 1 aromatic rings. The smallest absolute Gasteiger partial charge is 0.534 e. The Balaban J connectivity index is 2.20. The molecule has 1 heterocycles. The lowest BCUT2D eigenvalue weighted by atomic mass is 9.72. The molecule has 0 spiro atoms. The summed E-state index contributed by atoms with van der Waals surface area (Å²) in [7, 11) is -1.19. The second-order valence-corrected chi connectivity index (χ2v) is 5.17. The van der Waals surface area contributed by atoms with E-state index >= 15 is 0 Å². The highest BCUT2D eigenvalue weighted by Gasteiger charge is 2.37. The molecule has 0 fully saturated rings. The van der Waals surface area contributed by atoms with Crippen molar-refractivity contribution in [1.29, 1.82) is 0 Å². The van der Waals surface area contributed by atoms with E-state index in [9.17, 15) is 14.6 Å². The quantitative estimate of drug-likeness (QED) is 0.628. The second kappa shape index (κ2) is 7.31. The zero-order chi connectivity index (χ0) is 16.1. The molecule has 118 valence electrons. The molecule has 2 N–H and O–H groups in total. The van der Waals surface area contributed by atoms with E-state index < -0.39 is 19.0 Å². The lowest BCUT2D eigenvalue weighted by Crippen LogP contribution is -2.53. The maximum absolute atomic E-state index is 12.0. The molecule has 0 radical (unpaired) electrons. The van der Waals surface area contributed by atoms with Crippen LogP contribution in [0, 0.1) is 0 Å². The van der Waals surface area contributed by atoms with E-state index in [1.54, 1.807) is 19.1 Å². The largest absolute Gasteiger partial charge is 0.547 e. The molecule has 0 aromatic heterocycles. The van der Waals surface area contributed by atoms with E-state index in [0.29, 0.717) is 30.8 Å². The molecular weight excluding hydrogens is 285 g/mol. The van der Waals surface area contributed by atoms with Gasteiger partial charge in [-0.25, -0.2) is 4.79 Å². The lowest BCUT2D eigenvalue weighted by molar-refractivity contribution is -0.121. The molecule has 0 bridgehead atoms. The fraction of sp³-hybridized carbons (Fsp3) is 0.467. The number of carbonyl (C=O) groups is 2. The summed E-state index contributed by atoms with van der Waals surface area (Å²) in [6.45, 7) is 3.98. The van der Waals surface area contributed by atoms with Crippen molar-refractivity contribution in [2.75, 3.05) is 6.61 Å². The van der Waals surface area contributed by atoms with Gasteiger partial charge in [0.1, 0.15) is 11.3 Å². The van der Waals surface area contributed by atoms with Crippen LogP contribution in [-0.2, 0) is 16.0 Å². The number of rotatable bonds is 5. The van der Waals surface area contributed by atoms with Crippen molar-refractivity contribution in [2.24, 2.45) is 0 Å². The Morgan fingerprint density at radius 3 is 2.91 bits per heavy atom. The number of ether oxygens (including phenoxy) is 1. The van der Waals surface area contributed by atoms with Crippen molar-refractivity contribution in [3.8, 4) is 5.75 Å². The Kier molecular flexibility index (Phi) is 5.43. The SMILES string of the molecule is CCCOC(=O)c1cccc2c1OB(O)[C@@H](NC(=O)CC)C2. The molecule has 0 saturated heterocycles. The van der Waals surface area contributed by atoms with Gasteiger partial charge >= 0.3 is 13.1 Å². The number of esters is 1. The predicted molar refractivity (Wildman–Crippen MR) is 81.5 cm³/mol. The van der Waals surface area contributed by atoms with Gasteiger partial charge in [0.15, 0.2) is 0 Å². The molecule has 22 heavy (non-hydrogen) atoms. The van der Waals surface area contributed by atoms with Crippen LogP contribution < -0.4 is 9.97 Å². The monoisotopic (exact) mass is 305 g/mol. The van der Waals surface area contributed by atoms with Crippen LogP contribution in [0.4, 0.5) is 0 Å². The molecule has 0 saturated carbocycles. The summed E-state index contributed by atoms with van der Waals surface area (Å²) in [6, 6.07) is 5.15. The number of amides is 1. The van der Waals surface area contributed by atoms with E-state index in [2.05, 4.69) is 5.32 Å². The van der Waals surface area contributed by atoms with Gasteiger partial charge in [-0.1, -0.05) is 26.0 Å². The average molecular weight is 305 g/mol. The van der Waals surface area contributed by atoms with Crippen molar-refractivity contribution in [2.45, 2.75) is 39.1 Å². The van der Waals surface area contributed by atoms with E-state index in [1.807, 2.05) is 13.0 Å². The number of carbonyl (C=O) groups excluding carboxylic acids is 2. The predicted octanol–water partition coefficient (Wildman–Crippen LogP) is 1.10. The van der Waals surface area contributed by atoms with Gasteiger partial charge in [0, 0.05) is 6.42 Å². The molecule has 1 aliphatic rings. The minimum atomic E-state index is -1.19. The summed E-state index contributed by atoms with van der Waals surface area (Å²) in [5.41, 5.74) is 1.06. The molecule has 0 unspecified atom stereocenters. The Bertz CT molecular complexity index is 563. The van der Waals surface area contributed by atoms with Crippen molar-refractivity contribution >= 4 is 19.0 Å². The van der Waals surface area contributed by atoms with Gasteiger partial charge in [0.2, 0.25) is 5.91 Å². The van der Waals surface area contributed by atoms with Crippen LogP contribution in [0.3, 0.4) is 0 Å². The highest BCUT2D eigenvalue weighted by molar-refractivity contribution is 6.47. The van der Waals surface area contributed by atoms with Crippen molar-refractivity contribution in [3.63, 3.8) is 0 Å². The third-order valence-corrected chi connectivity index (χ3v) is 3.44. The van der Waals surface area contributed by atoms with Gasteiger partial charge < -0.3 is 19.7 Å². The highest BCUT2D eigenvalue weighted by atomic mass is 16.5.